The first kappa shape index (κ1) is 19.6. The summed E-state index contributed by atoms with van der Waals surface area (Å²) >= 11 is 5.83. The molecule has 3 aromatic rings. The van der Waals surface area contributed by atoms with Crippen LogP contribution in [0.25, 0.3) is 0 Å². The number of aromatic nitrogens is 1. The standard InChI is InChI=1S/C19H17ClN4O.ClH/c20-15-8-6-14(7-9-15)19(25)23-16-10-11-17(24-18(16)21)22-12-13-4-2-1-3-5-13;/h1-11H,12H2,(H,23,25)(H3,21,22,24);1H. The molecule has 26 heavy (non-hydrogen) atoms. The van der Waals surface area contributed by atoms with Crippen LogP contribution in [0.5, 0.6) is 0 Å². The smallest absolute Gasteiger partial charge is 0.255 e. The fourth-order valence-electron chi connectivity index (χ4n) is 2.31. The molecule has 5 nitrogen and oxygen atoms in total. The van der Waals surface area contributed by atoms with Gasteiger partial charge in [0.1, 0.15) is 5.69 Å². The summed E-state index contributed by atoms with van der Waals surface area (Å²) in [5.74, 6) is 0.896. The maximum Gasteiger partial charge on any atom is 0.255 e. The number of aromatic amines is 1. The van der Waals surface area contributed by atoms with Gasteiger partial charge in [-0.1, -0.05) is 41.9 Å². The van der Waals surface area contributed by atoms with Gasteiger partial charge >= 0.3 is 0 Å². The fourth-order valence-corrected chi connectivity index (χ4v) is 2.44. The van der Waals surface area contributed by atoms with E-state index in [4.69, 9.17) is 17.3 Å². The molecule has 0 fully saturated rings. The molecule has 1 heterocycles. The third kappa shape index (κ3) is 5.12. The molecule has 1 amide bonds. The van der Waals surface area contributed by atoms with E-state index in [9.17, 15) is 4.79 Å². The Kier molecular flexibility index (Phi) is 6.83. The summed E-state index contributed by atoms with van der Waals surface area (Å²) in [5.41, 5.74) is 8.20. The van der Waals surface area contributed by atoms with E-state index in [0.29, 0.717) is 28.6 Å². The zero-order chi connectivity index (χ0) is 17.6. The average molecular weight is 389 g/mol. The third-order valence-electron chi connectivity index (χ3n) is 3.66. The Labute approximate surface area is 163 Å². The SMILES string of the molecule is Nc1[nH+]c(NCc2ccccc2)ccc1NC(=O)c1ccc(Cl)cc1.[Cl-]. The Hall–Kier alpha value is -2.76. The van der Waals surface area contributed by atoms with Gasteiger partial charge in [-0.15, -0.1) is 0 Å². The van der Waals surface area contributed by atoms with Crippen LogP contribution in [-0.2, 0) is 6.54 Å². The second kappa shape index (κ2) is 9.08. The van der Waals surface area contributed by atoms with Gasteiger partial charge in [0.15, 0.2) is 0 Å². The zero-order valence-electron chi connectivity index (χ0n) is 13.8. The Morgan fingerprint density at radius 2 is 1.69 bits per heavy atom. The number of H-pyrrole nitrogens is 1. The Bertz CT molecular complexity index is 870. The highest BCUT2D eigenvalue weighted by molar-refractivity contribution is 6.30. The van der Waals surface area contributed by atoms with Crippen molar-refractivity contribution in [2.45, 2.75) is 6.54 Å². The van der Waals surface area contributed by atoms with E-state index in [2.05, 4.69) is 15.6 Å². The van der Waals surface area contributed by atoms with Crippen molar-refractivity contribution in [1.29, 1.82) is 0 Å². The molecule has 134 valence electrons. The van der Waals surface area contributed by atoms with Gasteiger partial charge in [0.25, 0.3) is 5.91 Å². The molecule has 2 aromatic carbocycles. The zero-order valence-corrected chi connectivity index (χ0v) is 15.3. The first-order valence-corrected chi connectivity index (χ1v) is 8.16. The van der Waals surface area contributed by atoms with E-state index in [0.717, 1.165) is 11.4 Å². The van der Waals surface area contributed by atoms with Crippen LogP contribution in [0.2, 0.25) is 5.02 Å². The van der Waals surface area contributed by atoms with Crippen molar-refractivity contribution in [1.82, 2.24) is 0 Å². The molecule has 1 aromatic heterocycles. The van der Waals surface area contributed by atoms with Crippen molar-refractivity contribution in [3.63, 3.8) is 0 Å². The summed E-state index contributed by atoms with van der Waals surface area (Å²) in [6.45, 7) is 0.674. The lowest BCUT2D eigenvalue weighted by molar-refractivity contribution is -0.342. The minimum Gasteiger partial charge on any atom is -1.00 e. The third-order valence-corrected chi connectivity index (χ3v) is 3.91. The van der Waals surface area contributed by atoms with Gasteiger partial charge in [0.05, 0.1) is 6.54 Å². The van der Waals surface area contributed by atoms with E-state index in [1.807, 2.05) is 36.4 Å². The number of hydrogen-bond donors (Lipinski definition) is 3. The predicted molar refractivity (Wildman–Crippen MR) is 101 cm³/mol. The first-order valence-electron chi connectivity index (χ1n) is 7.78. The molecule has 0 saturated heterocycles. The van der Waals surface area contributed by atoms with Gasteiger partial charge in [-0.25, -0.2) is 4.98 Å². The predicted octanol–water partition coefficient (Wildman–Crippen LogP) is 0.605. The maximum atomic E-state index is 12.2. The summed E-state index contributed by atoms with van der Waals surface area (Å²) in [6.07, 6.45) is 0. The van der Waals surface area contributed by atoms with Crippen LogP contribution >= 0.6 is 11.6 Å². The van der Waals surface area contributed by atoms with Gasteiger partial charge in [-0.3, -0.25) is 4.79 Å². The number of amides is 1. The van der Waals surface area contributed by atoms with Crippen LogP contribution in [0, 0.1) is 0 Å². The molecule has 7 heteroatoms. The number of benzene rings is 2. The van der Waals surface area contributed by atoms with Crippen molar-refractivity contribution in [3.05, 3.63) is 82.9 Å². The molecular weight excluding hydrogens is 371 g/mol. The molecule has 0 aliphatic heterocycles. The number of anilines is 3. The van der Waals surface area contributed by atoms with E-state index >= 15 is 0 Å². The van der Waals surface area contributed by atoms with E-state index in [-0.39, 0.29) is 18.3 Å². The minimum absolute atomic E-state index is 0. The van der Waals surface area contributed by atoms with Crippen LogP contribution in [0.3, 0.4) is 0 Å². The van der Waals surface area contributed by atoms with Crippen molar-refractivity contribution >= 4 is 34.8 Å². The molecule has 0 saturated carbocycles. The summed E-state index contributed by atoms with van der Waals surface area (Å²) < 4.78 is 0. The van der Waals surface area contributed by atoms with Gasteiger partial charge in [0, 0.05) is 16.7 Å². The van der Waals surface area contributed by atoms with E-state index in [1.54, 1.807) is 30.3 Å². The lowest BCUT2D eigenvalue weighted by Crippen LogP contribution is -3.00. The van der Waals surface area contributed by atoms with Gasteiger partial charge in [-0.2, -0.15) is 0 Å². The number of rotatable bonds is 5. The summed E-state index contributed by atoms with van der Waals surface area (Å²) in [4.78, 5) is 15.3. The van der Waals surface area contributed by atoms with Crippen LogP contribution in [0.4, 0.5) is 17.3 Å². The Morgan fingerprint density at radius 1 is 1.00 bits per heavy atom. The maximum absolute atomic E-state index is 12.2. The molecule has 3 rings (SSSR count). The van der Waals surface area contributed by atoms with E-state index in [1.165, 1.54) is 0 Å². The van der Waals surface area contributed by atoms with Gasteiger partial charge < -0.3 is 28.8 Å². The normalized spacial score (nSPS) is 9.88. The van der Waals surface area contributed by atoms with E-state index < -0.39 is 0 Å². The Balaban J connectivity index is 0.00000243. The number of pyridine rings is 1. The van der Waals surface area contributed by atoms with Gasteiger partial charge in [-0.05, 0) is 35.9 Å². The molecule has 0 atom stereocenters. The highest BCUT2D eigenvalue weighted by Crippen LogP contribution is 2.17. The number of carbonyl (C=O) groups excluding carboxylic acids is 1. The number of nitrogen functional groups attached to an aromatic ring is 1. The average Bonchev–Trinajstić information content (AvgIpc) is 2.63. The summed E-state index contributed by atoms with van der Waals surface area (Å²) in [5, 5.41) is 6.62. The lowest BCUT2D eigenvalue weighted by atomic mass is 10.2. The molecule has 0 unspecified atom stereocenters. The highest BCUT2D eigenvalue weighted by atomic mass is 35.5. The molecule has 5 N–H and O–H groups in total. The largest absolute Gasteiger partial charge is 1.00 e. The van der Waals surface area contributed by atoms with Gasteiger partial charge in [0.2, 0.25) is 11.6 Å². The van der Waals surface area contributed by atoms with Crippen molar-refractivity contribution in [3.8, 4) is 0 Å². The highest BCUT2D eigenvalue weighted by Gasteiger charge is 2.11. The van der Waals surface area contributed by atoms with Crippen molar-refractivity contribution < 1.29 is 22.2 Å². The molecule has 0 aliphatic rings. The van der Waals surface area contributed by atoms with Crippen molar-refractivity contribution in [2.75, 3.05) is 16.4 Å². The van der Waals surface area contributed by atoms with Crippen LogP contribution in [0.1, 0.15) is 15.9 Å². The minimum atomic E-state index is -0.248. The number of nitrogens with one attached hydrogen (secondary N) is 3. The topological polar surface area (TPSA) is 81.3 Å². The summed E-state index contributed by atoms with van der Waals surface area (Å²) in [7, 11) is 0. The number of carbonyl (C=O) groups is 1. The Morgan fingerprint density at radius 3 is 2.35 bits per heavy atom. The molecule has 0 bridgehead atoms. The molecule has 0 spiro atoms. The molecule has 0 radical (unpaired) electrons. The monoisotopic (exact) mass is 388 g/mol. The second-order valence-electron chi connectivity index (χ2n) is 5.50. The molecular formula is C19H18Cl2N4O. The molecule has 0 aliphatic carbocycles. The summed E-state index contributed by atoms with van der Waals surface area (Å²) in [6, 6.07) is 20.3. The van der Waals surface area contributed by atoms with Crippen LogP contribution in [0.15, 0.2) is 66.7 Å². The fraction of sp³-hybridized carbons (Fsp3) is 0.0526. The van der Waals surface area contributed by atoms with Crippen molar-refractivity contribution in [2.24, 2.45) is 0 Å². The first-order chi connectivity index (χ1) is 12.1. The number of nitrogens with two attached hydrogens (primary N) is 1. The quantitative estimate of drug-likeness (QED) is 0.598. The lowest BCUT2D eigenvalue weighted by Gasteiger charge is -2.08. The number of hydrogen-bond acceptors (Lipinski definition) is 3. The van der Waals surface area contributed by atoms with Crippen LogP contribution in [-0.4, -0.2) is 5.91 Å². The second-order valence-corrected chi connectivity index (χ2v) is 5.94. The number of halogens is 2. The van der Waals surface area contributed by atoms with Crippen LogP contribution < -0.4 is 33.8 Å².